The molecule has 0 bridgehead atoms. The van der Waals surface area contributed by atoms with E-state index in [0.29, 0.717) is 17.3 Å². The first kappa shape index (κ1) is 13.4. The number of nitrogens with zero attached hydrogens (tertiary/aromatic N) is 4. The first-order valence-corrected chi connectivity index (χ1v) is 6.03. The van der Waals surface area contributed by atoms with Crippen LogP contribution in [0.2, 0.25) is 5.02 Å². The SMILES string of the molecule is Cc1nn(Cc2cccnc2C(N)=NO)c(C)c1Cl. The Morgan fingerprint density at radius 3 is 2.84 bits per heavy atom. The van der Waals surface area contributed by atoms with Crippen molar-refractivity contribution in [3.05, 3.63) is 46.0 Å². The van der Waals surface area contributed by atoms with E-state index in [0.717, 1.165) is 17.0 Å². The summed E-state index contributed by atoms with van der Waals surface area (Å²) in [6.07, 6.45) is 1.59. The van der Waals surface area contributed by atoms with E-state index in [1.807, 2.05) is 19.9 Å². The predicted molar refractivity (Wildman–Crippen MR) is 72.6 cm³/mol. The Morgan fingerprint density at radius 2 is 2.26 bits per heavy atom. The lowest BCUT2D eigenvalue weighted by Gasteiger charge is -2.08. The quantitative estimate of drug-likeness (QED) is 0.387. The molecule has 3 N–H and O–H groups in total. The standard InChI is InChI=1S/C12H14ClN5O/c1-7-10(13)8(2)18(16-7)6-9-4-3-5-15-11(9)12(14)17-19/h3-5,19H,6H2,1-2H3,(H2,14,17). The zero-order valence-corrected chi connectivity index (χ0v) is 11.4. The molecule has 0 aromatic carbocycles. The maximum absolute atomic E-state index is 8.76. The Morgan fingerprint density at radius 1 is 1.53 bits per heavy atom. The molecule has 0 atom stereocenters. The van der Waals surface area contributed by atoms with Crippen molar-refractivity contribution in [3.8, 4) is 0 Å². The van der Waals surface area contributed by atoms with Gasteiger partial charge in [-0.2, -0.15) is 5.10 Å². The lowest BCUT2D eigenvalue weighted by molar-refractivity contribution is 0.318. The Labute approximate surface area is 115 Å². The zero-order valence-electron chi connectivity index (χ0n) is 10.6. The van der Waals surface area contributed by atoms with Crippen LogP contribution in [0.1, 0.15) is 22.6 Å². The Hall–Kier alpha value is -2.08. The van der Waals surface area contributed by atoms with Gasteiger partial charge in [0.2, 0.25) is 0 Å². The number of nitrogens with two attached hydrogens (primary N) is 1. The number of hydrogen-bond acceptors (Lipinski definition) is 4. The van der Waals surface area contributed by atoms with Gasteiger partial charge in [-0.25, -0.2) is 0 Å². The third-order valence-corrected chi connectivity index (χ3v) is 3.40. The molecule has 0 saturated heterocycles. The second kappa shape index (κ2) is 5.27. The molecule has 2 aromatic rings. The van der Waals surface area contributed by atoms with Crippen LogP contribution in [0.15, 0.2) is 23.5 Å². The average molecular weight is 280 g/mol. The highest BCUT2D eigenvalue weighted by atomic mass is 35.5. The average Bonchev–Trinajstić information content (AvgIpc) is 2.66. The summed E-state index contributed by atoms with van der Waals surface area (Å²) in [6, 6.07) is 3.64. The number of amidine groups is 1. The fourth-order valence-corrected chi connectivity index (χ4v) is 1.97. The number of oxime groups is 1. The lowest BCUT2D eigenvalue weighted by atomic mass is 10.2. The highest BCUT2D eigenvalue weighted by Gasteiger charge is 2.13. The van der Waals surface area contributed by atoms with Crippen molar-refractivity contribution < 1.29 is 5.21 Å². The van der Waals surface area contributed by atoms with Crippen molar-refractivity contribution in [2.75, 3.05) is 0 Å². The minimum atomic E-state index is -0.0248. The molecule has 0 aliphatic carbocycles. The Bertz CT molecular complexity index is 635. The van der Waals surface area contributed by atoms with Crippen molar-refractivity contribution in [3.63, 3.8) is 0 Å². The normalized spacial score (nSPS) is 11.8. The Kier molecular flexibility index (Phi) is 3.71. The molecule has 0 unspecified atom stereocenters. The van der Waals surface area contributed by atoms with Crippen LogP contribution in [0.4, 0.5) is 0 Å². The van der Waals surface area contributed by atoms with Gasteiger partial charge in [0.1, 0.15) is 5.69 Å². The number of rotatable bonds is 3. The van der Waals surface area contributed by atoms with Gasteiger partial charge < -0.3 is 10.9 Å². The largest absolute Gasteiger partial charge is 0.409 e. The topological polar surface area (TPSA) is 89.3 Å². The molecular formula is C12H14ClN5O. The highest BCUT2D eigenvalue weighted by molar-refractivity contribution is 6.31. The van der Waals surface area contributed by atoms with Crippen LogP contribution in [0, 0.1) is 13.8 Å². The minimum Gasteiger partial charge on any atom is -0.409 e. The lowest BCUT2D eigenvalue weighted by Crippen LogP contribution is -2.19. The summed E-state index contributed by atoms with van der Waals surface area (Å²) in [7, 11) is 0. The zero-order chi connectivity index (χ0) is 14.0. The summed E-state index contributed by atoms with van der Waals surface area (Å²) in [5.74, 6) is -0.0248. The fraction of sp³-hybridized carbons (Fsp3) is 0.250. The van der Waals surface area contributed by atoms with Gasteiger partial charge in [0.25, 0.3) is 0 Å². The minimum absolute atomic E-state index is 0.0248. The maximum Gasteiger partial charge on any atom is 0.189 e. The summed E-state index contributed by atoms with van der Waals surface area (Å²) in [4.78, 5) is 4.11. The van der Waals surface area contributed by atoms with Crippen molar-refractivity contribution in [1.29, 1.82) is 0 Å². The molecule has 0 amide bonds. The van der Waals surface area contributed by atoms with E-state index >= 15 is 0 Å². The van der Waals surface area contributed by atoms with Gasteiger partial charge in [-0.05, 0) is 19.9 Å². The Balaban J connectivity index is 2.41. The number of pyridine rings is 1. The molecule has 0 fully saturated rings. The van der Waals surface area contributed by atoms with Gasteiger partial charge in [-0.3, -0.25) is 9.67 Å². The first-order chi connectivity index (χ1) is 9.04. The van der Waals surface area contributed by atoms with Crippen LogP contribution < -0.4 is 5.73 Å². The van der Waals surface area contributed by atoms with Gasteiger partial charge >= 0.3 is 0 Å². The van der Waals surface area contributed by atoms with Crippen molar-refractivity contribution in [2.24, 2.45) is 10.9 Å². The van der Waals surface area contributed by atoms with Crippen molar-refractivity contribution in [1.82, 2.24) is 14.8 Å². The smallest absolute Gasteiger partial charge is 0.189 e. The molecular weight excluding hydrogens is 266 g/mol. The molecule has 0 saturated carbocycles. The van der Waals surface area contributed by atoms with Gasteiger partial charge in [-0.15, -0.1) is 0 Å². The number of hydrogen-bond donors (Lipinski definition) is 2. The number of halogens is 1. The van der Waals surface area contributed by atoms with Crippen LogP contribution in [0.25, 0.3) is 0 Å². The summed E-state index contributed by atoms with van der Waals surface area (Å²) < 4.78 is 1.77. The molecule has 0 spiro atoms. The summed E-state index contributed by atoms with van der Waals surface area (Å²) in [6.45, 7) is 4.19. The van der Waals surface area contributed by atoms with E-state index in [4.69, 9.17) is 22.5 Å². The summed E-state index contributed by atoms with van der Waals surface area (Å²) in [5, 5.41) is 16.7. The van der Waals surface area contributed by atoms with E-state index in [1.54, 1.807) is 16.9 Å². The van der Waals surface area contributed by atoms with E-state index in [-0.39, 0.29) is 5.84 Å². The monoisotopic (exact) mass is 279 g/mol. The molecule has 0 aliphatic heterocycles. The van der Waals surface area contributed by atoms with E-state index in [2.05, 4.69) is 15.2 Å². The second-order valence-electron chi connectivity index (χ2n) is 4.14. The summed E-state index contributed by atoms with van der Waals surface area (Å²) in [5.41, 5.74) is 8.49. The molecule has 0 radical (unpaired) electrons. The molecule has 2 aromatic heterocycles. The molecule has 19 heavy (non-hydrogen) atoms. The van der Waals surface area contributed by atoms with E-state index in [9.17, 15) is 0 Å². The van der Waals surface area contributed by atoms with Crippen LogP contribution >= 0.6 is 11.6 Å². The molecule has 100 valence electrons. The third-order valence-electron chi connectivity index (χ3n) is 2.85. The maximum atomic E-state index is 8.76. The fourth-order valence-electron chi connectivity index (χ4n) is 1.83. The van der Waals surface area contributed by atoms with Crippen molar-refractivity contribution in [2.45, 2.75) is 20.4 Å². The molecule has 7 heteroatoms. The van der Waals surface area contributed by atoms with E-state index in [1.165, 1.54) is 0 Å². The molecule has 2 rings (SSSR count). The first-order valence-electron chi connectivity index (χ1n) is 5.66. The van der Waals surface area contributed by atoms with Gasteiger partial charge in [0.15, 0.2) is 5.84 Å². The van der Waals surface area contributed by atoms with Crippen LogP contribution in [0.3, 0.4) is 0 Å². The predicted octanol–water partition coefficient (Wildman–Crippen LogP) is 1.69. The highest BCUT2D eigenvalue weighted by Crippen LogP contribution is 2.20. The van der Waals surface area contributed by atoms with Crippen LogP contribution in [-0.2, 0) is 6.54 Å². The van der Waals surface area contributed by atoms with Crippen LogP contribution in [0.5, 0.6) is 0 Å². The molecule has 2 heterocycles. The van der Waals surface area contributed by atoms with E-state index < -0.39 is 0 Å². The van der Waals surface area contributed by atoms with Gasteiger partial charge in [0, 0.05) is 11.8 Å². The molecule has 0 aliphatic rings. The summed E-state index contributed by atoms with van der Waals surface area (Å²) >= 11 is 6.11. The van der Waals surface area contributed by atoms with Gasteiger partial charge in [0.05, 0.1) is 23.0 Å². The second-order valence-corrected chi connectivity index (χ2v) is 4.52. The van der Waals surface area contributed by atoms with Crippen molar-refractivity contribution >= 4 is 17.4 Å². The van der Waals surface area contributed by atoms with Gasteiger partial charge in [-0.1, -0.05) is 22.8 Å². The number of aryl methyl sites for hydroxylation is 1. The van der Waals surface area contributed by atoms with Crippen LogP contribution in [-0.4, -0.2) is 25.8 Å². The molecule has 6 nitrogen and oxygen atoms in total. The number of aromatic nitrogens is 3. The third kappa shape index (κ3) is 2.53.